The third kappa shape index (κ3) is 2.72. The van der Waals surface area contributed by atoms with Gasteiger partial charge in [0.1, 0.15) is 12.9 Å². The van der Waals surface area contributed by atoms with E-state index in [1.165, 1.54) is 4.80 Å². The number of hydrogen-bond donors (Lipinski definition) is 1. The molecule has 0 aliphatic rings. The van der Waals surface area contributed by atoms with Gasteiger partial charge in [-0.2, -0.15) is 4.80 Å². The molecule has 0 fully saturated rings. The number of amides is 1. The molecule has 2 heterocycles. The van der Waals surface area contributed by atoms with Gasteiger partial charge in [-0.25, -0.2) is 9.66 Å². The first-order valence-electron chi connectivity index (χ1n) is 7.35. The van der Waals surface area contributed by atoms with Gasteiger partial charge in [0.2, 0.25) is 5.82 Å². The Morgan fingerprint density at radius 3 is 2.71 bits per heavy atom. The largest absolute Gasteiger partial charge is 0.271 e. The van der Waals surface area contributed by atoms with Crippen LogP contribution in [0.25, 0.3) is 22.4 Å². The average Bonchev–Trinajstić information content (AvgIpc) is 3.23. The maximum absolute atomic E-state index is 12.2. The Morgan fingerprint density at radius 1 is 1.04 bits per heavy atom. The van der Waals surface area contributed by atoms with Crippen LogP contribution in [0, 0.1) is 0 Å². The van der Waals surface area contributed by atoms with Gasteiger partial charge in [0.15, 0.2) is 0 Å². The number of aromatic nitrogens is 6. The third-order valence-corrected chi connectivity index (χ3v) is 3.47. The van der Waals surface area contributed by atoms with E-state index >= 15 is 0 Å². The summed E-state index contributed by atoms with van der Waals surface area (Å²) in [5, 5.41) is 12.1. The van der Waals surface area contributed by atoms with Crippen LogP contribution in [-0.4, -0.2) is 35.8 Å². The normalized spacial score (nSPS) is 10.8. The number of fused-ring (bicyclic) bond motifs is 1. The Bertz CT molecular complexity index is 990. The lowest BCUT2D eigenvalue weighted by Gasteiger charge is -2.05. The van der Waals surface area contributed by atoms with Gasteiger partial charge in [0.25, 0.3) is 5.91 Å². The van der Waals surface area contributed by atoms with Crippen molar-refractivity contribution in [2.45, 2.75) is 6.54 Å². The fraction of sp³-hybridized carbons (Fsp3) is 0.0625. The summed E-state index contributed by atoms with van der Waals surface area (Å²) in [6.07, 6.45) is 1.56. The van der Waals surface area contributed by atoms with Crippen molar-refractivity contribution in [2.24, 2.45) is 0 Å². The molecule has 0 spiro atoms. The molecule has 0 saturated carbocycles. The molecule has 0 radical (unpaired) electrons. The first-order chi connectivity index (χ1) is 11.8. The molecule has 1 amide bonds. The number of para-hydroxylation sites is 2. The van der Waals surface area contributed by atoms with E-state index < -0.39 is 0 Å². The second kappa shape index (κ2) is 5.92. The van der Waals surface area contributed by atoms with Crippen molar-refractivity contribution >= 4 is 16.9 Å². The lowest BCUT2D eigenvalue weighted by atomic mass is 10.2. The second-order valence-corrected chi connectivity index (χ2v) is 5.15. The van der Waals surface area contributed by atoms with Crippen LogP contribution in [0.5, 0.6) is 0 Å². The molecule has 0 unspecified atom stereocenters. The molecule has 4 rings (SSSR count). The smallest absolute Gasteiger partial charge is 0.262 e. The Hall–Kier alpha value is -3.55. The molecule has 4 aromatic rings. The maximum Gasteiger partial charge on any atom is 0.262 e. The van der Waals surface area contributed by atoms with E-state index in [-0.39, 0.29) is 12.5 Å². The highest BCUT2D eigenvalue weighted by Crippen LogP contribution is 2.12. The number of tetrazole rings is 1. The van der Waals surface area contributed by atoms with Crippen LogP contribution in [0.3, 0.4) is 0 Å². The van der Waals surface area contributed by atoms with E-state index in [0.717, 1.165) is 16.6 Å². The minimum atomic E-state index is -0.268. The molecule has 8 heteroatoms. The molecular weight excluding hydrogens is 306 g/mol. The SMILES string of the molecule is O=C(Cn1nnc(-c2ccccc2)n1)Nn1cnc2ccccc21. The molecule has 0 aliphatic carbocycles. The number of hydrogen-bond acceptors (Lipinski definition) is 5. The van der Waals surface area contributed by atoms with Gasteiger partial charge in [-0.05, 0) is 17.3 Å². The molecule has 24 heavy (non-hydrogen) atoms. The molecule has 0 saturated heterocycles. The van der Waals surface area contributed by atoms with Crippen LogP contribution in [0.4, 0.5) is 0 Å². The predicted octanol–water partition coefficient (Wildman–Crippen LogP) is 1.46. The monoisotopic (exact) mass is 319 g/mol. The van der Waals surface area contributed by atoms with Gasteiger partial charge >= 0.3 is 0 Å². The van der Waals surface area contributed by atoms with Crippen LogP contribution in [0.1, 0.15) is 0 Å². The summed E-state index contributed by atoms with van der Waals surface area (Å²) < 4.78 is 1.58. The summed E-state index contributed by atoms with van der Waals surface area (Å²) in [5.41, 5.74) is 5.23. The highest BCUT2D eigenvalue weighted by molar-refractivity contribution is 5.86. The molecule has 2 aromatic carbocycles. The first-order valence-corrected chi connectivity index (χ1v) is 7.35. The summed E-state index contributed by atoms with van der Waals surface area (Å²) in [7, 11) is 0. The van der Waals surface area contributed by atoms with E-state index in [0.29, 0.717) is 5.82 Å². The van der Waals surface area contributed by atoms with Crippen LogP contribution in [-0.2, 0) is 11.3 Å². The lowest BCUT2D eigenvalue weighted by molar-refractivity contribution is -0.118. The number of imidazole rings is 1. The van der Waals surface area contributed by atoms with Crippen LogP contribution in [0.15, 0.2) is 60.9 Å². The zero-order chi connectivity index (χ0) is 16.4. The van der Waals surface area contributed by atoms with E-state index in [9.17, 15) is 4.79 Å². The predicted molar refractivity (Wildman–Crippen MR) is 87.4 cm³/mol. The van der Waals surface area contributed by atoms with Crippen molar-refractivity contribution in [3.05, 3.63) is 60.9 Å². The molecule has 0 atom stereocenters. The Labute approximate surface area is 136 Å². The van der Waals surface area contributed by atoms with E-state index in [1.807, 2.05) is 54.6 Å². The summed E-state index contributed by atoms with van der Waals surface area (Å²) in [6.45, 7) is -0.0354. The van der Waals surface area contributed by atoms with Crippen molar-refractivity contribution in [1.29, 1.82) is 0 Å². The minimum Gasteiger partial charge on any atom is -0.271 e. The van der Waals surface area contributed by atoms with E-state index in [2.05, 4.69) is 25.8 Å². The summed E-state index contributed by atoms with van der Waals surface area (Å²) in [6, 6.07) is 17.0. The fourth-order valence-corrected chi connectivity index (χ4v) is 2.36. The Morgan fingerprint density at radius 2 is 1.83 bits per heavy atom. The Kier molecular flexibility index (Phi) is 3.47. The van der Waals surface area contributed by atoms with Gasteiger partial charge in [-0.1, -0.05) is 42.5 Å². The maximum atomic E-state index is 12.2. The van der Waals surface area contributed by atoms with Crippen LogP contribution in [0.2, 0.25) is 0 Å². The zero-order valence-electron chi connectivity index (χ0n) is 12.6. The van der Waals surface area contributed by atoms with E-state index in [4.69, 9.17) is 0 Å². The number of nitrogens with zero attached hydrogens (tertiary/aromatic N) is 6. The van der Waals surface area contributed by atoms with Crippen molar-refractivity contribution in [1.82, 2.24) is 29.9 Å². The Balaban J connectivity index is 1.48. The topological polar surface area (TPSA) is 90.5 Å². The van der Waals surface area contributed by atoms with Gasteiger partial charge < -0.3 is 0 Å². The number of nitrogens with one attached hydrogen (secondary N) is 1. The van der Waals surface area contributed by atoms with Gasteiger partial charge in [-0.3, -0.25) is 10.2 Å². The van der Waals surface area contributed by atoms with Gasteiger partial charge in [0, 0.05) is 5.56 Å². The number of benzene rings is 2. The van der Waals surface area contributed by atoms with E-state index in [1.54, 1.807) is 11.0 Å². The summed E-state index contributed by atoms with van der Waals surface area (Å²) in [4.78, 5) is 17.7. The van der Waals surface area contributed by atoms with Crippen molar-refractivity contribution < 1.29 is 4.79 Å². The molecule has 8 nitrogen and oxygen atoms in total. The first kappa shape index (κ1) is 14.1. The standard InChI is InChI=1S/C16H13N7O/c24-15(19-22-11-17-13-8-4-5-9-14(13)22)10-23-20-16(18-21-23)12-6-2-1-3-7-12/h1-9,11H,10H2,(H,19,24). The highest BCUT2D eigenvalue weighted by atomic mass is 16.2. The molecule has 1 N–H and O–H groups in total. The van der Waals surface area contributed by atoms with Crippen molar-refractivity contribution in [3.8, 4) is 11.4 Å². The number of carbonyl (C=O) groups excluding carboxylic acids is 1. The second-order valence-electron chi connectivity index (χ2n) is 5.15. The number of carbonyl (C=O) groups is 1. The molecule has 118 valence electrons. The van der Waals surface area contributed by atoms with Gasteiger partial charge in [-0.15, -0.1) is 10.2 Å². The minimum absolute atomic E-state index is 0.0354. The fourth-order valence-electron chi connectivity index (χ4n) is 2.36. The average molecular weight is 319 g/mol. The van der Waals surface area contributed by atoms with Crippen molar-refractivity contribution in [3.63, 3.8) is 0 Å². The van der Waals surface area contributed by atoms with Crippen LogP contribution < -0.4 is 5.43 Å². The quantitative estimate of drug-likeness (QED) is 0.615. The molecule has 0 aliphatic heterocycles. The summed E-state index contributed by atoms with van der Waals surface area (Å²) in [5.74, 6) is 0.214. The van der Waals surface area contributed by atoms with Gasteiger partial charge in [0.05, 0.1) is 11.0 Å². The summed E-state index contributed by atoms with van der Waals surface area (Å²) >= 11 is 0. The molecule has 2 aromatic heterocycles. The third-order valence-electron chi connectivity index (χ3n) is 3.47. The highest BCUT2D eigenvalue weighted by Gasteiger charge is 2.10. The molecular formula is C16H13N7O. The number of rotatable bonds is 4. The van der Waals surface area contributed by atoms with Crippen molar-refractivity contribution in [2.75, 3.05) is 5.43 Å². The molecule has 0 bridgehead atoms. The van der Waals surface area contributed by atoms with Crippen LogP contribution >= 0.6 is 0 Å². The lowest BCUT2D eigenvalue weighted by Crippen LogP contribution is -2.27. The zero-order valence-corrected chi connectivity index (χ0v) is 12.6.